The molecule has 3 N–H and O–H groups in total. The first-order valence-electron chi connectivity index (χ1n) is 11.5. The van der Waals surface area contributed by atoms with Gasteiger partial charge < -0.3 is 15.0 Å². The van der Waals surface area contributed by atoms with Crippen molar-refractivity contribution in [1.29, 1.82) is 0 Å². The molecule has 0 radical (unpaired) electrons. The number of hydrogen-bond acceptors (Lipinski definition) is 7. The van der Waals surface area contributed by atoms with Crippen molar-refractivity contribution in [2.45, 2.75) is 25.7 Å². The number of nitrogens with one attached hydrogen (secondary N) is 3. The summed E-state index contributed by atoms with van der Waals surface area (Å²) in [6.07, 6.45) is 6.78. The summed E-state index contributed by atoms with van der Waals surface area (Å²) in [5.41, 5.74) is 7.95. The minimum Gasteiger partial charge on any atom is -0.357 e. The number of nitrogens with zero attached hydrogens (tertiary/aromatic N) is 4. The maximum atomic E-state index is 5.61. The van der Waals surface area contributed by atoms with E-state index in [1.807, 2.05) is 36.8 Å². The van der Waals surface area contributed by atoms with E-state index >= 15 is 0 Å². The molecule has 6 aromatic rings. The Labute approximate surface area is 204 Å². The van der Waals surface area contributed by atoms with Gasteiger partial charge in [0.1, 0.15) is 23.0 Å². The van der Waals surface area contributed by atoms with Crippen LogP contribution in [0.1, 0.15) is 13.3 Å². The SMILES string of the molecule is CCC1OC1Nc1cncc(-c2ccc3[nH]nc(-c4cc5c(-c6cccs6)ccnc5[nH]4)c3n2)c1. The van der Waals surface area contributed by atoms with Crippen LogP contribution in [0.15, 0.2) is 66.4 Å². The Morgan fingerprint density at radius 2 is 2.11 bits per heavy atom. The summed E-state index contributed by atoms with van der Waals surface area (Å²) in [4.78, 5) is 18.6. The number of rotatable bonds is 6. The van der Waals surface area contributed by atoms with Gasteiger partial charge in [-0.15, -0.1) is 11.3 Å². The molecule has 0 spiro atoms. The standard InChI is InChI=1S/C26H21N7OS/c1-2-21-26(34-21)29-15-10-14(12-27-13-15)18-5-6-19-23(30-18)24(33-32-19)20-11-17-16(22-4-3-9-35-22)7-8-28-25(17)31-20/h3-13,21,26,29H,2H2,1H3,(H,28,31)(H,32,33). The predicted molar refractivity (Wildman–Crippen MR) is 138 cm³/mol. The van der Waals surface area contributed by atoms with Gasteiger partial charge in [-0.05, 0) is 48.2 Å². The Balaban J connectivity index is 1.27. The number of pyridine rings is 3. The Morgan fingerprint density at radius 3 is 2.97 bits per heavy atom. The highest BCUT2D eigenvalue weighted by Crippen LogP contribution is 2.35. The molecule has 2 atom stereocenters. The van der Waals surface area contributed by atoms with Crippen LogP contribution in [-0.2, 0) is 4.74 Å². The highest BCUT2D eigenvalue weighted by Gasteiger charge is 2.37. The Bertz CT molecular complexity index is 1670. The van der Waals surface area contributed by atoms with E-state index in [0.717, 1.165) is 62.4 Å². The Kier molecular flexibility index (Phi) is 4.64. The van der Waals surface area contributed by atoms with E-state index in [2.05, 4.69) is 67.0 Å². The number of H-pyrrole nitrogens is 2. The van der Waals surface area contributed by atoms with Crippen molar-refractivity contribution in [2.75, 3.05) is 5.32 Å². The summed E-state index contributed by atoms with van der Waals surface area (Å²) in [5.74, 6) is 0. The van der Waals surface area contributed by atoms with Crippen molar-refractivity contribution < 1.29 is 4.74 Å². The first-order chi connectivity index (χ1) is 17.3. The van der Waals surface area contributed by atoms with Gasteiger partial charge >= 0.3 is 0 Å². The maximum Gasteiger partial charge on any atom is 0.154 e. The topological polar surface area (TPSA) is 108 Å². The third-order valence-electron chi connectivity index (χ3n) is 6.31. The van der Waals surface area contributed by atoms with E-state index in [1.165, 1.54) is 4.88 Å². The lowest BCUT2D eigenvalue weighted by atomic mass is 10.1. The molecular weight excluding hydrogens is 458 g/mol. The van der Waals surface area contributed by atoms with Gasteiger partial charge in [-0.3, -0.25) is 10.1 Å². The minimum atomic E-state index is 0.0580. The highest BCUT2D eigenvalue weighted by molar-refractivity contribution is 7.13. The molecule has 7 rings (SSSR count). The van der Waals surface area contributed by atoms with Gasteiger partial charge in [-0.1, -0.05) is 13.0 Å². The Morgan fingerprint density at radius 1 is 1.14 bits per heavy atom. The van der Waals surface area contributed by atoms with Crippen LogP contribution in [0.2, 0.25) is 0 Å². The summed E-state index contributed by atoms with van der Waals surface area (Å²) in [7, 11) is 0. The summed E-state index contributed by atoms with van der Waals surface area (Å²) < 4.78 is 5.61. The van der Waals surface area contributed by atoms with Crippen molar-refractivity contribution >= 4 is 39.1 Å². The molecule has 0 aliphatic carbocycles. The molecular formula is C26H21N7OS. The highest BCUT2D eigenvalue weighted by atomic mass is 32.1. The van der Waals surface area contributed by atoms with E-state index in [4.69, 9.17) is 9.72 Å². The predicted octanol–water partition coefficient (Wildman–Crippen LogP) is 5.84. The fourth-order valence-corrected chi connectivity index (χ4v) is 5.22. The van der Waals surface area contributed by atoms with Gasteiger partial charge in [0.15, 0.2) is 6.23 Å². The summed E-state index contributed by atoms with van der Waals surface area (Å²) in [5, 5.41) is 14.2. The number of ether oxygens (including phenoxy) is 1. The molecule has 8 nitrogen and oxygen atoms in total. The van der Waals surface area contributed by atoms with Crippen molar-refractivity contribution in [3.8, 4) is 33.1 Å². The zero-order chi connectivity index (χ0) is 23.4. The van der Waals surface area contributed by atoms with Crippen LogP contribution in [0.3, 0.4) is 0 Å². The molecule has 1 aliphatic rings. The van der Waals surface area contributed by atoms with Crippen LogP contribution in [0.25, 0.3) is 55.2 Å². The summed E-state index contributed by atoms with van der Waals surface area (Å²) in [6, 6.07) is 14.4. The second kappa shape index (κ2) is 8.00. The van der Waals surface area contributed by atoms with Crippen LogP contribution in [0.4, 0.5) is 5.69 Å². The molecule has 35 heavy (non-hydrogen) atoms. The second-order valence-corrected chi connectivity index (χ2v) is 9.50. The first kappa shape index (κ1) is 20.3. The third kappa shape index (κ3) is 3.56. The van der Waals surface area contributed by atoms with Gasteiger partial charge in [0.25, 0.3) is 0 Å². The van der Waals surface area contributed by atoms with E-state index < -0.39 is 0 Å². The molecule has 6 aromatic heterocycles. The molecule has 172 valence electrons. The van der Waals surface area contributed by atoms with Crippen LogP contribution >= 0.6 is 11.3 Å². The number of epoxide rings is 1. The van der Waals surface area contributed by atoms with Gasteiger partial charge in [-0.2, -0.15) is 5.10 Å². The molecule has 0 aromatic carbocycles. The van der Waals surface area contributed by atoms with Crippen LogP contribution in [0.5, 0.6) is 0 Å². The quantitative estimate of drug-likeness (QED) is 0.259. The van der Waals surface area contributed by atoms with Gasteiger partial charge in [0.05, 0.1) is 28.8 Å². The average Bonchev–Trinajstić information content (AvgIpc) is 3.30. The molecule has 1 aliphatic heterocycles. The van der Waals surface area contributed by atoms with Gasteiger partial charge in [0, 0.05) is 33.8 Å². The molecule has 1 fully saturated rings. The number of anilines is 1. The normalized spacial score (nSPS) is 17.3. The van der Waals surface area contributed by atoms with E-state index in [1.54, 1.807) is 11.3 Å². The minimum absolute atomic E-state index is 0.0580. The second-order valence-electron chi connectivity index (χ2n) is 8.56. The number of hydrogen-bond donors (Lipinski definition) is 3. The summed E-state index contributed by atoms with van der Waals surface area (Å²) in [6.45, 7) is 2.12. The van der Waals surface area contributed by atoms with E-state index in [9.17, 15) is 0 Å². The third-order valence-corrected chi connectivity index (χ3v) is 7.21. The smallest absolute Gasteiger partial charge is 0.154 e. The monoisotopic (exact) mass is 479 g/mol. The maximum absolute atomic E-state index is 5.61. The van der Waals surface area contributed by atoms with Crippen LogP contribution in [-0.4, -0.2) is 42.5 Å². The lowest BCUT2D eigenvalue weighted by Crippen LogP contribution is -2.06. The first-order valence-corrected chi connectivity index (χ1v) is 12.4. The zero-order valence-electron chi connectivity index (χ0n) is 18.8. The van der Waals surface area contributed by atoms with Crippen molar-refractivity contribution in [2.24, 2.45) is 0 Å². The molecule has 9 heteroatoms. The molecule has 0 bridgehead atoms. The van der Waals surface area contributed by atoms with E-state index in [0.29, 0.717) is 0 Å². The fraction of sp³-hybridized carbons (Fsp3) is 0.154. The largest absolute Gasteiger partial charge is 0.357 e. The fourth-order valence-electron chi connectivity index (χ4n) is 4.45. The average molecular weight is 480 g/mol. The molecule has 2 unspecified atom stereocenters. The van der Waals surface area contributed by atoms with Crippen molar-refractivity contribution in [3.05, 3.63) is 66.4 Å². The Hall–Kier alpha value is -4.08. The number of fused-ring (bicyclic) bond motifs is 2. The summed E-state index contributed by atoms with van der Waals surface area (Å²) >= 11 is 1.71. The molecule has 0 saturated carbocycles. The van der Waals surface area contributed by atoms with Gasteiger partial charge in [0.2, 0.25) is 0 Å². The molecule has 7 heterocycles. The number of thiophene rings is 1. The lowest BCUT2D eigenvalue weighted by Gasteiger charge is -2.06. The van der Waals surface area contributed by atoms with Gasteiger partial charge in [-0.25, -0.2) is 9.97 Å². The lowest BCUT2D eigenvalue weighted by molar-refractivity contribution is 0.378. The number of aromatic nitrogens is 6. The molecule has 0 amide bonds. The van der Waals surface area contributed by atoms with Crippen molar-refractivity contribution in [3.63, 3.8) is 0 Å². The number of aromatic amines is 2. The van der Waals surface area contributed by atoms with E-state index in [-0.39, 0.29) is 12.3 Å². The molecule has 1 saturated heterocycles. The van der Waals surface area contributed by atoms with Crippen molar-refractivity contribution in [1.82, 2.24) is 30.1 Å². The van der Waals surface area contributed by atoms with Crippen LogP contribution < -0.4 is 5.32 Å². The zero-order valence-corrected chi connectivity index (χ0v) is 19.6. The van der Waals surface area contributed by atoms with Crippen LogP contribution in [0, 0.1) is 0 Å².